The number of carbonyl (C=O) groups excluding carboxylic acids is 2. The van der Waals surface area contributed by atoms with Gasteiger partial charge in [0.1, 0.15) is 6.04 Å². The zero-order valence-corrected chi connectivity index (χ0v) is 13.2. The molecule has 0 spiro atoms. The Labute approximate surface area is 129 Å². The first-order valence-electron chi connectivity index (χ1n) is 7.01. The number of urea groups is 1. The first-order valence-corrected chi connectivity index (χ1v) is 8.41. The maximum Gasteiger partial charge on any atom is 0.326 e. The van der Waals surface area contributed by atoms with Gasteiger partial charge in [0.2, 0.25) is 5.91 Å². The molecule has 8 heteroatoms. The molecule has 5 N–H and O–H groups in total. The van der Waals surface area contributed by atoms with Crippen LogP contribution in [0, 0.1) is 0 Å². The van der Waals surface area contributed by atoms with Crippen molar-refractivity contribution in [3.63, 3.8) is 0 Å². The smallest absolute Gasteiger partial charge is 0.326 e. The predicted octanol–water partition coefficient (Wildman–Crippen LogP) is 0.928. The van der Waals surface area contributed by atoms with Crippen LogP contribution in [0.5, 0.6) is 0 Å². The van der Waals surface area contributed by atoms with Gasteiger partial charge in [0.25, 0.3) is 0 Å². The number of carboxylic acids is 1. The Morgan fingerprint density at radius 3 is 2.43 bits per heavy atom. The third-order valence-corrected chi connectivity index (χ3v) is 3.54. The van der Waals surface area contributed by atoms with Gasteiger partial charge in [-0.25, -0.2) is 9.59 Å². The van der Waals surface area contributed by atoms with Gasteiger partial charge in [-0.1, -0.05) is 12.8 Å². The van der Waals surface area contributed by atoms with Gasteiger partial charge in [-0.15, -0.1) is 0 Å². The molecule has 0 rings (SSSR count). The van der Waals surface area contributed by atoms with E-state index < -0.39 is 23.9 Å². The average Bonchev–Trinajstić information content (AvgIpc) is 2.41. The molecule has 0 aromatic carbocycles. The number of carbonyl (C=O) groups is 3. The monoisotopic (exact) mass is 319 g/mol. The Hall–Kier alpha value is -1.44. The Morgan fingerprint density at radius 1 is 1.19 bits per heavy atom. The van der Waals surface area contributed by atoms with Crippen molar-refractivity contribution < 1.29 is 19.5 Å². The van der Waals surface area contributed by atoms with Gasteiger partial charge in [0.15, 0.2) is 0 Å². The molecule has 3 amide bonds. The fraction of sp³-hybridized carbons (Fsp3) is 0.769. The van der Waals surface area contributed by atoms with Crippen LogP contribution in [-0.2, 0) is 9.59 Å². The lowest BCUT2D eigenvalue weighted by atomic mass is 10.1. The number of nitrogens with one attached hydrogen (secondary N) is 2. The highest BCUT2D eigenvalue weighted by atomic mass is 32.2. The summed E-state index contributed by atoms with van der Waals surface area (Å²) in [5, 5.41) is 13.9. The van der Waals surface area contributed by atoms with Gasteiger partial charge in [0, 0.05) is 13.0 Å². The quantitative estimate of drug-likeness (QED) is 0.399. The topological polar surface area (TPSA) is 122 Å². The molecule has 0 radical (unpaired) electrons. The van der Waals surface area contributed by atoms with Gasteiger partial charge >= 0.3 is 12.0 Å². The van der Waals surface area contributed by atoms with Crippen molar-refractivity contribution in [2.45, 2.75) is 44.6 Å². The van der Waals surface area contributed by atoms with E-state index in [1.54, 1.807) is 0 Å². The van der Waals surface area contributed by atoms with E-state index in [4.69, 9.17) is 10.8 Å². The van der Waals surface area contributed by atoms with Crippen molar-refractivity contribution in [2.75, 3.05) is 18.6 Å². The number of carboxylic acid groups (broad SMARTS) is 1. The van der Waals surface area contributed by atoms with Crippen LogP contribution >= 0.6 is 11.8 Å². The lowest BCUT2D eigenvalue weighted by molar-refractivity contribution is -0.139. The van der Waals surface area contributed by atoms with Crippen LogP contribution in [0.15, 0.2) is 0 Å². The van der Waals surface area contributed by atoms with Crippen LogP contribution in [0.4, 0.5) is 4.79 Å². The van der Waals surface area contributed by atoms with Gasteiger partial charge in [-0.05, 0) is 31.3 Å². The number of amides is 3. The number of aliphatic carboxylic acids is 1. The number of rotatable bonds is 12. The highest BCUT2D eigenvalue weighted by Crippen LogP contribution is 2.04. The van der Waals surface area contributed by atoms with Crippen molar-refractivity contribution in [1.29, 1.82) is 0 Å². The summed E-state index contributed by atoms with van der Waals surface area (Å²) in [6.07, 6.45) is 6.18. The fourth-order valence-electron chi connectivity index (χ4n) is 1.68. The van der Waals surface area contributed by atoms with Crippen LogP contribution in [0.25, 0.3) is 0 Å². The molecule has 0 aliphatic heterocycles. The maximum atomic E-state index is 11.5. The van der Waals surface area contributed by atoms with Crippen molar-refractivity contribution >= 4 is 29.7 Å². The van der Waals surface area contributed by atoms with Crippen LogP contribution in [0.2, 0.25) is 0 Å². The summed E-state index contributed by atoms with van der Waals surface area (Å²) in [7, 11) is 0. The molecule has 0 aromatic rings. The lowest BCUT2D eigenvalue weighted by Crippen LogP contribution is -2.46. The van der Waals surface area contributed by atoms with Crippen molar-refractivity contribution in [2.24, 2.45) is 5.73 Å². The van der Waals surface area contributed by atoms with Gasteiger partial charge in [0.05, 0.1) is 0 Å². The van der Waals surface area contributed by atoms with Crippen LogP contribution in [0.3, 0.4) is 0 Å². The van der Waals surface area contributed by atoms with E-state index in [1.165, 1.54) is 6.42 Å². The molecule has 0 heterocycles. The second kappa shape index (κ2) is 12.3. The fourth-order valence-corrected chi connectivity index (χ4v) is 2.17. The minimum Gasteiger partial charge on any atom is -0.480 e. The molecular weight excluding hydrogens is 294 g/mol. The first kappa shape index (κ1) is 19.6. The largest absolute Gasteiger partial charge is 0.480 e. The average molecular weight is 319 g/mol. The molecule has 0 fully saturated rings. The summed E-state index contributed by atoms with van der Waals surface area (Å²) in [6, 6.07) is -1.63. The first-order chi connectivity index (χ1) is 9.97. The third kappa shape index (κ3) is 12.0. The zero-order chi connectivity index (χ0) is 16.1. The number of unbranched alkanes of at least 4 members (excludes halogenated alkanes) is 3. The number of thioether (sulfide) groups is 1. The van der Waals surface area contributed by atoms with Crippen LogP contribution < -0.4 is 16.4 Å². The Morgan fingerprint density at radius 2 is 1.86 bits per heavy atom. The molecule has 0 unspecified atom stereocenters. The molecule has 0 aliphatic rings. The molecule has 0 bridgehead atoms. The van der Waals surface area contributed by atoms with E-state index in [2.05, 4.69) is 16.9 Å². The highest BCUT2D eigenvalue weighted by Gasteiger charge is 2.20. The molecule has 0 saturated carbocycles. The van der Waals surface area contributed by atoms with E-state index in [0.717, 1.165) is 25.0 Å². The van der Waals surface area contributed by atoms with Crippen LogP contribution in [0.1, 0.15) is 38.5 Å². The summed E-state index contributed by atoms with van der Waals surface area (Å²) >= 11 is 1.82. The van der Waals surface area contributed by atoms with Crippen molar-refractivity contribution in [1.82, 2.24) is 10.6 Å². The molecule has 0 saturated heterocycles. The van der Waals surface area contributed by atoms with Crippen LogP contribution in [-0.4, -0.2) is 47.6 Å². The second-order valence-corrected chi connectivity index (χ2v) is 5.69. The maximum absolute atomic E-state index is 11.5. The molecule has 0 aliphatic carbocycles. The lowest BCUT2D eigenvalue weighted by Gasteiger charge is -2.14. The van der Waals surface area contributed by atoms with E-state index in [9.17, 15) is 14.4 Å². The minimum atomic E-state index is -1.18. The van der Waals surface area contributed by atoms with E-state index in [-0.39, 0.29) is 12.8 Å². The summed E-state index contributed by atoms with van der Waals surface area (Å²) in [6.45, 7) is 0.507. The molecule has 7 nitrogen and oxygen atoms in total. The summed E-state index contributed by atoms with van der Waals surface area (Å²) in [4.78, 5) is 33.1. The zero-order valence-electron chi connectivity index (χ0n) is 12.4. The van der Waals surface area contributed by atoms with E-state index in [0.29, 0.717) is 6.54 Å². The van der Waals surface area contributed by atoms with E-state index in [1.807, 2.05) is 11.8 Å². The molecule has 122 valence electrons. The molecule has 1 atom stereocenters. The molecular formula is C13H25N3O4S. The minimum absolute atomic E-state index is 0.00717. The standard InChI is InChI=1S/C13H25N3O4S/c1-21-9-5-3-2-4-8-15-13(20)16-10(12(18)19)6-7-11(14)17/h10H,2-9H2,1H3,(H2,14,17)(H,18,19)(H2,15,16,20)/t10-/m1/s1. The van der Waals surface area contributed by atoms with Crippen molar-refractivity contribution in [3.05, 3.63) is 0 Å². The Kier molecular flexibility index (Phi) is 11.5. The van der Waals surface area contributed by atoms with E-state index >= 15 is 0 Å². The number of hydrogen-bond acceptors (Lipinski definition) is 4. The Balaban J connectivity index is 3.78. The molecule has 21 heavy (non-hydrogen) atoms. The predicted molar refractivity (Wildman–Crippen MR) is 83.2 cm³/mol. The van der Waals surface area contributed by atoms with Crippen molar-refractivity contribution in [3.8, 4) is 0 Å². The summed E-state index contributed by atoms with van der Waals surface area (Å²) < 4.78 is 0. The summed E-state index contributed by atoms with van der Waals surface area (Å²) in [5.74, 6) is -0.620. The highest BCUT2D eigenvalue weighted by molar-refractivity contribution is 7.98. The Bertz CT molecular complexity index is 339. The number of primary amides is 1. The SMILES string of the molecule is CSCCCCCCNC(=O)N[C@H](CCC(N)=O)C(=O)O. The number of nitrogens with two attached hydrogens (primary N) is 1. The normalized spacial score (nSPS) is 11.7. The third-order valence-electron chi connectivity index (χ3n) is 2.84. The van der Waals surface area contributed by atoms with Gasteiger partial charge in [-0.3, -0.25) is 4.79 Å². The summed E-state index contributed by atoms with van der Waals surface area (Å²) in [5.41, 5.74) is 4.96. The second-order valence-electron chi connectivity index (χ2n) is 4.70. The number of hydrogen-bond donors (Lipinski definition) is 4. The molecule has 0 aromatic heterocycles. The van der Waals surface area contributed by atoms with Gasteiger partial charge in [-0.2, -0.15) is 11.8 Å². The van der Waals surface area contributed by atoms with Gasteiger partial charge < -0.3 is 21.5 Å².